The number of rotatable bonds is 5. The van der Waals surface area contributed by atoms with Crippen LogP contribution >= 0.6 is 23.3 Å². The summed E-state index contributed by atoms with van der Waals surface area (Å²) >= 11 is 3.11. The second kappa shape index (κ2) is 8.55. The van der Waals surface area contributed by atoms with Crippen LogP contribution in [0.3, 0.4) is 0 Å². The van der Waals surface area contributed by atoms with Gasteiger partial charge in [0.15, 0.2) is 5.13 Å². The van der Waals surface area contributed by atoms with Crippen molar-refractivity contribution >= 4 is 56.0 Å². The second-order valence-corrected chi connectivity index (χ2v) is 8.57. The van der Waals surface area contributed by atoms with E-state index in [1.54, 1.807) is 11.3 Å². The molecule has 0 saturated carbocycles. The van der Waals surface area contributed by atoms with Crippen molar-refractivity contribution in [3.63, 3.8) is 0 Å². The summed E-state index contributed by atoms with van der Waals surface area (Å²) in [7, 11) is 0. The average molecular weight is 421 g/mol. The number of hydrogen-bond donors (Lipinski definition) is 3. The van der Waals surface area contributed by atoms with Crippen molar-refractivity contribution in [3.05, 3.63) is 77.9 Å². The maximum atomic E-state index is 12.2. The van der Waals surface area contributed by atoms with Crippen LogP contribution in [0.25, 0.3) is 10.2 Å². The first-order valence-corrected chi connectivity index (χ1v) is 10.7. The van der Waals surface area contributed by atoms with E-state index in [0.29, 0.717) is 5.69 Å². The van der Waals surface area contributed by atoms with Crippen LogP contribution in [0.5, 0.6) is 0 Å². The van der Waals surface area contributed by atoms with Gasteiger partial charge < -0.3 is 15.4 Å². The molecule has 5 nitrogen and oxygen atoms in total. The van der Waals surface area contributed by atoms with Crippen LogP contribution in [0, 0.1) is 13.8 Å². The van der Waals surface area contributed by atoms with E-state index >= 15 is 0 Å². The van der Waals surface area contributed by atoms with Gasteiger partial charge in [-0.05, 0) is 68.3 Å². The molecule has 0 aliphatic carbocycles. The predicted octanol–water partition coefficient (Wildman–Crippen LogP) is 6.68. The van der Waals surface area contributed by atoms with Crippen LogP contribution in [0.15, 0.2) is 71.6 Å². The zero-order chi connectivity index (χ0) is 20.2. The number of nitrogens with one attached hydrogen (secondary N) is 3. The van der Waals surface area contributed by atoms with Gasteiger partial charge >= 0.3 is 6.03 Å². The van der Waals surface area contributed by atoms with Crippen molar-refractivity contribution in [2.45, 2.75) is 18.7 Å². The lowest BCUT2D eigenvalue weighted by Gasteiger charge is -2.07. The number of urea groups is 1. The lowest BCUT2D eigenvalue weighted by atomic mass is 10.2. The highest BCUT2D eigenvalue weighted by Gasteiger charge is 2.08. The van der Waals surface area contributed by atoms with Crippen LogP contribution in [0.4, 0.5) is 21.3 Å². The molecule has 0 aliphatic heterocycles. The minimum absolute atomic E-state index is 0.281. The van der Waals surface area contributed by atoms with Crippen LogP contribution in [0.2, 0.25) is 0 Å². The number of amides is 2. The number of benzene rings is 3. The second-order valence-electron chi connectivity index (χ2n) is 6.66. The van der Waals surface area contributed by atoms with Crippen LogP contribution in [-0.2, 0) is 0 Å². The van der Waals surface area contributed by atoms with Crippen molar-refractivity contribution in [1.82, 2.24) is 4.98 Å². The van der Waals surface area contributed by atoms with Gasteiger partial charge in [0.2, 0.25) is 0 Å². The smallest absolute Gasteiger partial charge is 0.308 e. The summed E-state index contributed by atoms with van der Waals surface area (Å²) in [6.45, 7) is 4.08. The Balaban J connectivity index is 1.40. The van der Waals surface area contributed by atoms with Crippen molar-refractivity contribution in [2.24, 2.45) is 0 Å². The number of aromatic nitrogens is 1. The summed E-state index contributed by atoms with van der Waals surface area (Å²) in [5, 5.41) is 6.51. The van der Waals surface area contributed by atoms with E-state index in [1.807, 2.05) is 49.4 Å². The molecule has 0 saturated heterocycles. The quantitative estimate of drug-likeness (QED) is 0.315. The Bertz CT molecular complexity index is 1140. The first-order chi connectivity index (χ1) is 14.0. The third kappa shape index (κ3) is 5.07. The zero-order valence-electron chi connectivity index (χ0n) is 16.0. The molecule has 0 fully saturated rings. The summed E-state index contributed by atoms with van der Waals surface area (Å²) in [4.78, 5) is 18.0. The minimum Gasteiger partial charge on any atom is -0.308 e. The number of carbonyl (C=O) groups is 1. The molecule has 0 bridgehead atoms. The highest BCUT2D eigenvalue weighted by Crippen LogP contribution is 2.31. The van der Waals surface area contributed by atoms with E-state index in [0.717, 1.165) is 31.5 Å². The fourth-order valence-corrected chi connectivity index (χ4v) is 4.20. The third-order valence-corrected chi connectivity index (χ3v) is 6.12. The van der Waals surface area contributed by atoms with Gasteiger partial charge in [-0.15, -0.1) is 0 Å². The summed E-state index contributed by atoms with van der Waals surface area (Å²) < 4.78 is 4.35. The molecular formula is C22H20N4OS2. The number of anilines is 3. The largest absolute Gasteiger partial charge is 0.323 e. The number of nitrogens with zero attached hydrogens (tertiary/aromatic N) is 1. The Labute approximate surface area is 177 Å². The molecular weight excluding hydrogens is 400 g/mol. The van der Waals surface area contributed by atoms with Crippen molar-refractivity contribution in [1.29, 1.82) is 0 Å². The van der Waals surface area contributed by atoms with E-state index in [2.05, 4.69) is 51.5 Å². The first kappa shape index (κ1) is 19.3. The number of fused-ring (bicyclic) bond motifs is 1. The Hall–Kier alpha value is -3.03. The van der Waals surface area contributed by atoms with Gasteiger partial charge in [-0.3, -0.25) is 0 Å². The molecule has 0 spiro atoms. The molecule has 3 aromatic carbocycles. The normalized spacial score (nSPS) is 10.7. The molecule has 7 heteroatoms. The molecule has 0 unspecified atom stereocenters. The molecule has 2 amide bonds. The molecule has 4 rings (SSSR count). The average Bonchev–Trinajstić information content (AvgIpc) is 3.11. The van der Waals surface area contributed by atoms with Crippen LogP contribution < -0.4 is 15.4 Å². The van der Waals surface area contributed by atoms with Gasteiger partial charge in [-0.1, -0.05) is 46.7 Å². The minimum atomic E-state index is -0.281. The summed E-state index contributed by atoms with van der Waals surface area (Å²) in [6, 6.07) is 21.4. The molecule has 4 aromatic rings. The Morgan fingerprint density at radius 2 is 1.48 bits per heavy atom. The fraction of sp³-hybridized carbons (Fsp3) is 0.0909. The molecule has 29 heavy (non-hydrogen) atoms. The number of carbonyl (C=O) groups excluding carboxylic acids is 1. The number of aryl methyl sites for hydroxylation is 2. The maximum absolute atomic E-state index is 12.2. The third-order valence-electron chi connectivity index (χ3n) is 4.23. The van der Waals surface area contributed by atoms with Crippen molar-refractivity contribution < 1.29 is 4.79 Å². The highest BCUT2D eigenvalue weighted by molar-refractivity contribution is 8.00. The lowest BCUT2D eigenvalue weighted by Crippen LogP contribution is -2.19. The topological polar surface area (TPSA) is 66.1 Å². The van der Waals surface area contributed by atoms with E-state index in [-0.39, 0.29) is 6.03 Å². The van der Waals surface area contributed by atoms with Crippen LogP contribution in [0.1, 0.15) is 11.1 Å². The zero-order valence-corrected chi connectivity index (χ0v) is 17.7. The van der Waals surface area contributed by atoms with E-state index in [4.69, 9.17) is 0 Å². The molecule has 3 N–H and O–H groups in total. The van der Waals surface area contributed by atoms with Gasteiger partial charge in [-0.2, -0.15) is 0 Å². The summed E-state index contributed by atoms with van der Waals surface area (Å²) in [5.41, 5.74) is 4.68. The summed E-state index contributed by atoms with van der Waals surface area (Å²) in [5.74, 6) is 0. The fourth-order valence-electron chi connectivity index (χ4n) is 2.69. The molecule has 0 aliphatic rings. The van der Waals surface area contributed by atoms with Gasteiger partial charge in [0.25, 0.3) is 0 Å². The maximum Gasteiger partial charge on any atom is 0.323 e. The molecule has 0 atom stereocenters. The molecule has 146 valence electrons. The van der Waals surface area contributed by atoms with Crippen LogP contribution in [-0.4, -0.2) is 11.0 Å². The SMILES string of the molecule is Cc1ccc(NC(=O)Nc2ccc3sc(NSc4ccc(C)cc4)nc3c2)cc1. The van der Waals surface area contributed by atoms with E-state index in [9.17, 15) is 4.79 Å². The van der Waals surface area contributed by atoms with Crippen molar-refractivity contribution in [3.8, 4) is 0 Å². The number of thiazole rings is 1. The first-order valence-electron chi connectivity index (χ1n) is 9.10. The van der Waals surface area contributed by atoms with Gasteiger partial charge in [0.1, 0.15) is 0 Å². The lowest BCUT2D eigenvalue weighted by molar-refractivity contribution is 0.262. The molecule has 0 radical (unpaired) electrons. The molecule has 1 aromatic heterocycles. The monoisotopic (exact) mass is 420 g/mol. The van der Waals surface area contributed by atoms with E-state index in [1.165, 1.54) is 17.5 Å². The van der Waals surface area contributed by atoms with E-state index < -0.39 is 0 Å². The Morgan fingerprint density at radius 1 is 0.862 bits per heavy atom. The Morgan fingerprint density at radius 3 is 2.21 bits per heavy atom. The highest BCUT2D eigenvalue weighted by atomic mass is 32.2. The van der Waals surface area contributed by atoms with Gasteiger partial charge in [0.05, 0.1) is 10.2 Å². The molecule has 1 heterocycles. The summed E-state index contributed by atoms with van der Waals surface area (Å²) in [6.07, 6.45) is 0. The van der Waals surface area contributed by atoms with Gasteiger partial charge in [-0.25, -0.2) is 9.78 Å². The number of hydrogen-bond acceptors (Lipinski definition) is 5. The van der Waals surface area contributed by atoms with Crippen molar-refractivity contribution in [2.75, 3.05) is 15.4 Å². The van der Waals surface area contributed by atoms with Gasteiger partial charge in [0, 0.05) is 16.3 Å². The Kier molecular flexibility index (Phi) is 5.69. The standard InChI is InChI=1S/C22H20N4OS2/c1-14-3-7-16(8-4-14)23-21(27)24-17-9-12-20-19(13-17)25-22(28-20)26-29-18-10-5-15(2)6-11-18/h3-13H,1-2H3,(H,25,26)(H2,23,24,27). The predicted molar refractivity (Wildman–Crippen MR) is 124 cm³/mol.